The number of carbonyl (C=O) groups excluding carboxylic acids is 2. The topological polar surface area (TPSA) is 140 Å². The van der Waals surface area contributed by atoms with Gasteiger partial charge in [-0.25, -0.2) is 9.37 Å². The minimum Gasteiger partial charge on any atom is -0.494 e. The Morgan fingerprint density at radius 1 is 1.31 bits per heavy atom. The molecule has 11 nitrogen and oxygen atoms in total. The van der Waals surface area contributed by atoms with Crippen LogP contribution in [0.1, 0.15) is 29.2 Å². The number of nitrogens with one attached hydrogen (secondary N) is 2. The number of halogens is 1. The SMILES string of the molecule is C=CC(=O)N1CCC[C@@H](n2cc(Nc3ncc(C(N)=O)c(Nc4ccc(F)cc4OC)n3)cn2)C1. The number of carbonyl (C=O) groups is 2. The van der Waals surface area contributed by atoms with Crippen molar-refractivity contribution in [3.05, 3.63) is 60.8 Å². The molecule has 1 aliphatic rings. The molecule has 0 unspecified atom stereocenters. The lowest BCUT2D eigenvalue weighted by Crippen LogP contribution is -2.39. The van der Waals surface area contributed by atoms with Crippen molar-refractivity contribution in [1.82, 2.24) is 24.6 Å². The number of ether oxygens (including phenoxy) is 1. The predicted octanol–water partition coefficient (Wildman–Crippen LogP) is 2.76. The normalized spacial score (nSPS) is 15.4. The van der Waals surface area contributed by atoms with Crippen molar-refractivity contribution in [2.45, 2.75) is 18.9 Å². The third-order valence-electron chi connectivity index (χ3n) is 5.59. The summed E-state index contributed by atoms with van der Waals surface area (Å²) in [6, 6.07) is 3.95. The number of hydrogen-bond acceptors (Lipinski definition) is 8. The Kier molecular flexibility index (Phi) is 6.90. The number of piperidine rings is 1. The molecule has 12 heteroatoms. The molecular formula is C23H25FN8O3. The van der Waals surface area contributed by atoms with Gasteiger partial charge in [0.1, 0.15) is 22.9 Å². The highest BCUT2D eigenvalue weighted by molar-refractivity contribution is 5.98. The summed E-state index contributed by atoms with van der Waals surface area (Å²) in [6.07, 6.45) is 7.79. The van der Waals surface area contributed by atoms with E-state index in [4.69, 9.17) is 10.5 Å². The highest BCUT2D eigenvalue weighted by Crippen LogP contribution is 2.30. The highest BCUT2D eigenvalue weighted by atomic mass is 19.1. The van der Waals surface area contributed by atoms with E-state index in [0.29, 0.717) is 24.5 Å². The molecule has 1 saturated heterocycles. The molecule has 1 aromatic carbocycles. The summed E-state index contributed by atoms with van der Waals surface area (Å²) in [5.41, 5.74) is 6.54. The van der Waals surface area contributed by atoms with E-state index in [1.807, 2.05) is 0 Å². The van der Waals surface area contributed by atoms with Crippen molar-refractivity contribution in [2.24, 2.45) is 5.73 Å². The van der Waals surface area contributed by atoms with E-state index in [1.54, 1.807) is 22.0 Å². The third kappa shape index (κ3) is 5.37. The largest absolute Gasteiger partial charge is 0.494 e. The molecule has 35 heavy (non-hydrogen) atoms. The molecule has 0 spiro atoms. The van der Waals surface area contributed by atoms with E-state index in [-0.39, 0.29) is 35.0 Å². The minimum absolute atomic E-state index is 0.0320. The van der Waals surface area contributed by atoms with Gasteiger partial charge in [0.05, 0.1) is 30.7 Å². The first kappa shape index (κ1) is 23.7. The summed E-state index contributed by atoms with van der Waals surface area (Å²) in [7, 11) is 1.40. The summed E-state index contributed by atoms with van der Waals surface area (Å²) >= 11 is 0. The van der Waals surface area contributed by atoms with Crippen LogP contribution in [0.15, 0.2) is 49.4 Å². The van der Waals surface area contributed by atoms with Crippen LogP contribution in [-0.2, 0) is 4.79 Å². The van der Waals surface area contributed by atoms with Crippen LogP contribution in [0.3, 0.4) is 0 Å². The number of nitrogens with two attached hydrogens (primary N) is 1. The Hall–Kier alpha value is -4.48. The lowest BCUT2D eigenvalue weighted by atomic mass is 10.1. The molecular weight excluding hydrogens is 455 g/mol. The number of amides is 2. The van der Waals surface area contributed by atoms with Gasteiger partial charge in [-0.1, -0.05) is 6.58 Å². The smallest absolute Gasteiger partial charge is 0.254 e. The molecule has 3 heterocycles. The Balaban J connectivity index is 1.54. The Morgan fingerprint density at radius 3 is 2.89 bits per heavy atom. The van der Waals surface area contributed by atoms with Gasteiger partial charge in [-0.3, -0.25) is 14.3 Å². The summed E-state index contributed by atoms with van der Waals surface area (Å²) in [5.74, 6) is -0.765. The summed E-state index contributed by atoms with van der Waals surface area (Å²) in [5, 5.41) is 10.4. The molecule has 1 atom stereocenters. The molecule has 4 rings (SSSR count). The van der Waals surface area contributed by atoms with Crippen LogP contribution in [0.5, 0.6) is 5.75 Å². The molecule has 182 valence electrons. The van der Waals surface area contributed by atoms with E-state index in [9.17, 15) is 14.0 Å². The van der Waals surface area contributed by atoms with Gasteiger partial charge in [-0.2, -0.15) is 10.1 Å². The van der Waals surface area contributed by atoms with Crippen LogP contribution < -0.4 is 21.1 Å². The maximum Gasteiger partial charge on any atom is 0.254 e. The number of nitrogens with zero attached hydrogens (tertiary/aromatic N) is 5. The van der Waals surface area contributed by atoms with E-state index in [1.165, 1.54) is 37.6 Å². The number of likely N-dealkylation sites (tertiary alicyclic amines) is 1. The Labute approximate surface area is 200 Å². The molecule has 2 amide bonds. The molecule has 0 aliphatic carbocycles. The molecule has 1 aliphatic heterocycles. The number of primary amides is 1. The second kappa shape index (κ2) is 10.2. The maximum absolute atomic E-state index is 13.6. The molecule has 0 bridgehead atoms. The lowest BCUT2D eigenvalue weighted by molar-refractivity contribution is -0.127. The number of benzene rings is 1. The van der Waals surface area contributed by atoms with Gasteiger partial charge in [0, 0.05) is 31.5 Å². The standard InChI is InChI=1S/C23H25FN8O3/c1-3-20(33)31-8-4-5-16(13-31)32-12-15(10-27-32)28-23-26-11-17(21(25)34)22(30-23)29-18-7-6-14(24)9-19(18)35-2/h3,6-7,9-12,16H,1,4-5,8,13H2,2H3,(H2,25,34)(H2,26,28,29,30)/t16-/m1/s1. The number of aromatic nitrogens is 4. The average Bonchev–Trinajstić information content (AvgIpc) is 3.33. The lowest BCUT2D eigenvalue weighted by Gasteiger charge is -2.32. The van der Waals surface area contributed by atoms with Crippen molar-refractivity contribution in [3.63, 3.8) is 0 Å². The van der Waals surface area contributed by atoms with Crippen LogP contribution in [0, 0.1) is 5.82 Å². The molecule has 3 aromatic rings. The van der Waals surface area contributed by atoms with Crippen LogP contribution in [0.25, 0.3) is 0 Å². The van der Waals surface area contributed by atoms with Crippen molar-refractivity contribution in [3.8, 4) is 5.75 Å². The minimum atomic E-state index is -0.733. The van der Waals surface area contributed by atoms with Crippen molar-refractivity contribution in [2.75, 3.05) is 30.8 Å². The second-order valence-corrected chi connectivity index (χ2v) is 7.91. The predicted molar refractivity (Wildman–Crippen MR) is 127 cm³/mol. The van der Waals surface area contributed by atoms with Crippen LogP contribution in [-0.4, -0.2) is 56.7 Å². The second-order valence-electron chi connectivity index (χ2n) is 7.91. The van der Waals surface area contributed by atoms with Gasteiger partial charge in [0.15, 0.2) is 0 Å². The van der Waals surface area contributed by atoms with Gasteiger partial charge in [0.25, 0.3) is 5.91 Å². The van der Waals surface area contributed by atoms with Crippen molar-refractivity contribution in [1.29, 1.82) is 0 Å². The molecule has 2 aromatic heterocycles. The number of hydrogen-bond donors (Lipinski definition) is 3. The maximum atomic E-state index is 13.6. The summed E-state index contributed by atoms with van der Waals surface area (Å²) in [4.78, 5) is 34.2. The van der Waals surface area contributed by atoms with Crippen LogP contribution in [0.4, 0.5) is 27.5 Å². The summed E-state index contributed by atoms with van der Waals surface area (Å²) in [6.45, 7) is 4.80. The van der Waals surface area contributed by atoms with E-state index < -0.39 is 11.7 Å². The molecule has 0 radical (unpaired) electrons. The van der Waals surface area contributed by atoms with E-state index in [0.717, 1.165) is 12.8 Å². The third-order valence-corrected chi connectivity index (χ3v) is 5.59. The fraction of sp³-hybridized carbons (Fsp3) is 0.261. The fourth-order valence-electron chi connectivity index (χ4n) is 3.84. The molecule has 0 saturated carbocycles. The average molecular weight is 481 g/mol. The fourth-order valence-corrected chi connectivity index (χ4v) is 3.84. The Morgan fingerprint density at radius 2 is 2.14 bits per heavy atom. The summed E-state index contributed by atoms with van der Waals surface area (Å²) < 4.78 is 20.5. The van der Waals surface area contributed by atoms with Gasteiger partial charge in [-0.05, 0) is 31.1 Å². The zero-order valence-electron chi connectivity index (χ0n) is 19.1. The first-order chi connectivity index (χ1) is 16.9. The monoisotopic (exact) mass is 480 g/mol. The quantitative estimate of drug-likeness (QED) is 0.418. The highest BCUT2D eigenvalue weighted by Gasteiger charge is 2.24. The van der Waals surface area contributed by atoms with Gasteiger partial charge in [0.2, 0.25) is 11.9 Å². The van der Waals surface area contributed by atoms with Crippen LogP contribution in [0.2, 0.25) is 0 Å². The molecule has 1 fully saturated rings. The van der Waals surface area contributed by atoms with Crippen molar-refractivity contribution < 1.29 is 18.7 Å². The first-order valence-corrected chi connectivity index (χ1v) is 10.9. The van der Waals surface area contributed by atoms with E-state index >= 15 is 0 Å². The van der Waals surface area contributed by atoms with Gasteiger partial charge in [-0.15, -0.1) is 0 Å². The number of rotatable bonds is 8. The van der Waals surface area contributed by atoms with Crippen molar-refractivity contribution >= 4 is 35.0 Å². The number of anilines is 4. The zero-order chi connectivity index (χ0) is 24.9. The van der Waals surface area contributed by atoms with E-state index in [2.05, 4.69) is 32.3 Å². The van der Waals surface area contributed by atoms with Gasteiger partial charge < -0.3 is 26.0 Å². The Bertz CT molecular complexity index is 1260. The zero-order valence-corrected chi connectivity index (χ0v) is 19.1. The number of methoxy groups -OCH3 is 1. The van der Waals surface area contributed by atoms with Crippen LogP contribution >= 0.6 is 0 Å². The van der Waals surface area contributed by atoms with Gasteiger partial charge >= 0.3 is 0 Å². The molecule has 4 N–H and O–H groups in total. The first-order valence-electron chi connectivity index (χ1n) is 10.9.